The monoisotopic (exact) mass is 275 g/mol. The van der Waals surface area contributed by atoms with Crippen LogP contribution < -0.4 is 5.32 Å². The number of benzene rings is 2. The summed E-state index contributed by atoms with van der Waals surface area (Å²) in [4.78, 5) is 11.8. The predicted octanol–water partition coefficient (Wildman–Crippen LogP) is 3.84. The first kappa shape index (κ1) is 14.2. The van der Waals surface area contributed by atoms with Crippen molar-refractivity contribution in [3.63, 3.8) is 0 Å². The average Bonchev–Trinajstić information content (AvgIpc) is 2.41. The van der Waals surface area contributed by atoms with Crippen molar-refractivity contribution in [2.75, 3.05) is 5.32 Å². The van der Waals surface area contributed by atoms with E-state index in [2.05, 4.69) is 5.32 Å². The molecule has 0 radical (unpaired) electrons. The molecule has 1 amide bonds. The van der Waals surface area contributed by atoms with Gasteiger partial charge in [0.25, 0.3) is 0 Å². The third-order valence-electron chi connectivity index (χ3n) is 3.00. The van der Waals surface area contributed by atoms with E-state index in [4.69, 9.17) is 0 Å². The van der Waals surface area contributed by atoms with Crippen LogP contribution in [0.25, 0.3) is 0 Å². The molecular formula is C16H15F2NO. The lowest BCUT2D eigenvalue weighted by molar-refractivity contribution is -0.116. The second-order valence-electron chi connectivity index (χ2n) is 4.64. The Hall–Kier alpha value is -2.23. The molecule has 2 nitrogen and oxygen atoms in total. The van der Waals surface area contributed by atoms with Crippen LogP contribution in [0.1, 0.15) is 17.5 Å². The van der Waals surface area contributed by atoms with E-state index < -0.39 is 5.82 Å². The second-order valence-corrected chi connectivity index (χ2v) is 4.64. The summed E-state index contributed by atoms with van der Waals surface area (Å²) in [6.45, 7) is 1.79. The molecule has 0 atom stereocenters. The van der Waals surface area contributed by atoms with Crippen LogP contribution in [0.5, 0.6) is 0 Å². The Balaban J connectivity index is 1.94. The maximum Gasteiger partial charge on any atom is 0.224 e. The van der Waals surface area contributed by atoms with Crippen LogP contribution in [0.3, 0.4) is 0 Å². The predicted molar refractivity (Wildman–Crippen MR) is 74.5 cm³/mol. The molecule has 104 valence electrons. The first-order chi connectivity index (χ1) is 9.54. The van der Waals surface area contributed by atoms with Gasteiger partial charge in [0.15, 0.2) is 0 Å². The molecule has 0 unspecified atom stereocenters. The lowest BCUT2D eigenvalue weighted by Crippen LogP contribution is -2.13. The lowest BCUT2D eigenvalue weighted by Gasteiger charge is -2.08. The summed E-state index contributed by atoms with van der Waals surface area (Å²) in [6, 6.07) is 10.4. The Bertz CT molecular complexity index is 626. The minimum absolute atomic E-state index is 0.219. The molecule has 0 fully saturated rings. The average molecular weight is 275 g/mol. The third kappa shape index (κ3) is 3.88. The van der Waals surface area contributed by atoms with Crippen molar-refractivity contribution in [1.29, 1.82) is 0 Å². The molecule has 2 rings (SSSR count). The van der Waals surface area contributed by atoms with Gasteiger partial charge in [-0.25, -0.2) is 8.78 Å². The molecule has 20 heavy (non-hydrogen) atoms. The van der Waals surface area contributed by atoms with Crippen molar-refractivity contribution in [3.8, 4) is 0 Å². The number of anilines is 1. The van der Waals surface area contributed by atoms with Crippen molar-refractivity contribution in [2.45, 2.75) is 19.8 Å². The third-order valence-corrected chi connectivity index (χ3v) is 3.00. The molecule has 0 aliphatic heterocycles. The lowest BCUT2D eigenvalue weighted by atomic mass is 10.1. The first-order valence-electron chi connectivity index (χ1n) is 6.35. The Kier molecular flexibility index (Phi) is 4.45. The Labute approximate surface area is 116 Å². The number of carbonyl (C=O) groups is 1. The van der Waals surface area contributed by atoms with E-state index in [1.54, 1.807) is 25.1 Å². The standard InChI is InChI=1S/C16H15F2NO/c1-11-5-7-14(18)10-15(11)19-16(20)8-6-12-3-2-4-13(17)9-12/h2-5,7,9-10H,6,8H2,1H3,(H,19,20). The normalized spacial score (nSPS) is 10.3. The van der Waals surface area contributed by atoms with Crippen LogP contribution in [-0.2, 0) is 11.2 Å². The maximum absolute atomic E-state index is 13.1. The van der Waals surface area contributed by atoms with Gasteiger partial charge >= 0.3 is 0 Å². The zero-order valence-corrected chi connectivity index (χ0v) is 11.1. The topological polar surface area (TPSA) is 29.1 Å². The molecule has 4 heteroatoms. The SMILES string of the molecule is Cc1ccc(F)cc1NC(=O)CCc1cccc(F)c1. The number of hydrogen-bond acceptors (Lipinski definition) is 1. The molecule has 0 aliphatic carbocycles. The summed E-state index contributed by atoms with van der Waals surface area (Å²) in [7, 11) is 0. The molecule has 0 aliphatic rings. The van der Waals surface area contributed by atoms with Crippen LogP contribution in [-0.4, -0.2) is 5.91 Å². The largest absolute Gasteiger partial charge is 0.326 e. The maximum atomic E-state index is 13.1. The molecule has 1 N–H and O–H groups in total. The quantitative estimate of drug-likeness (QED) is 0.902. The van der Waals surface area contributed by atoms with Crippen molar-refractivity contribution in [3.05, 3.63) is 65.2 Å². The minimum Gasteiger partial charge on any atom is -0.326 e. The summed E-state index contributed by atoms with van der Waals surface area (Å²) in [5, 5.41) is 2.66. The van der Waals surface area contributed by atoms with Crippen molar-refractivity contribution in [1.82, 2.24) is 0 Å². The van der Waals surface area contributed by atoms with Gasteiger partial charge < -0.3 is 5.32 Å². The zero-order chi connectivity index (χ0) is 14.5. The summed E-state index contributed by atoms with van der Waals surface area (Å²) < 4.78 is 26.1. The van der Waals surface area contributed by atoms with Crippen molar-refractivity contribution < 1.29 is 13.6 Å². The molecule has 0 saturated carbocycles. The number of aryl methyl sites for hydroxylation is 2. The van der Waals surface area contributed by atoms with Crippen LogP contribution in [0.15, 0.2) is 42.5 Å². The van der Waals surface area contributed by atoms with Crippen LogP contribution >= 0.6 is 0 Å². The number of hydrogen-bond donors (Lipinski definition) is 1. The van der Waals surface area contributed by atoms with Gasteiger partial charge in [0.05, 0.1) is 0 Å². The van der Waals surface area contributed by atoms with Gasteiger partial charge in [0, 0.05) is 12.1 Å². The van der Waals surface area contributed by atoms with E-state index in [-0.39, 0.29) is 18.1 Å². The van der Waals surface area contributed by atoms with Crippen LogP contribution in [0.2, 0.25) is 0 Å². The summed E-state index contributed by atoms with van der Waals surface area (Å²) >= 11 is 0. The molecule has 0 saturated heterocycles. The molecule has 0 aromatic heterocycles. The Morgan fingerprint density at radius 1 is 1.10 bits per heavy atom. The van der Waals surface area contributed by atoms with Gasteiger partial charge in [-0.2, -0.15) is 0 Å². The highest BCUT2D eigenvalue weighted by Gasteiger charge is 2.06. The number of halogens is 2. The van der Waals surface area contributed by atoms with E-state index >= 15 is 0 Å². The highest BCUT2D eigenvalue weighted by molar-refractivity contribution is 5.91. The van der Waals surface area contributed by atoms with E-state index in [0.717, 1.165) is 11.1 Å². The van der Waals surface area contributed by atoms with E-state index in [1.807, 2.05) is 0 Å². The fraction of sp³-hybridized carbons (Fsp3) is 0.188. The molecule has 2 aromatic rings. The van der Waals surface area contributed by atoms with Crippen LogP contribution in [0.4, 0.5) is 14.5 Å². The van der Waals surface area contributed by atoms with Gasteiger partial charge in [0.2, 0.25) is 5.91 Å². The van der Waals surface area contributed by atoms with E-state index in [1.165, 1.54) is 24.3 Å². The number of amides is 1. The van der Waals surface area contributed by atoms with Crippen LogP contribution in [0, 0.1) is 18.6 Å². The second kappa shape index (κ2) is 6.28. The van der Waals surface area contributed by atoms with E-state index in [9.17, 15) is 13.6 Å². The first-order valence-corrected chi connectivity index (χ1v) is 6.35. The molecule has 0 heterocycles. The number of nitrogens with one attached hydrogen (secondary N) is 1. The van der Waals surface area contributed by atoms with Crippen molar-refractivity contribution in [2.24, 2.45) is 0 Å². The molecule has 2 aromatic carbocycles. The highest BCUT2D eigenvalue weighted by Crippen LogP contribution is 2.16. The van der Waals surface area contributed by atoms with E-state index in [0.29, 0.717) is 12.1 Å². The molecule has 0 bridgehead atoms. The van der Waals surface area contributed by atoms with Gasteiger partial charge in [-0.05, 0) is 48.7 Å². The zero-order valence-electron chi connectivity index (χ0n) is 11.1. The summed E-state index contributed by atoms with van der Waals surface area (Å²) in [5.74, 6) is -0.928. The van der Waals surface area contributed by atoms with Gasteiger partial charge in [0.1, 0.15) is 11.6 Å². The molecule has 0 spiro atoms. The summed E-state index contributed by atoms with van der Waals surface area (Å²) in [5.41, 5.74) is 2.02. The summed E-state index contributed by atoms with van der Waals surface area (Å²) in [6.07, 6.45) is 0.664. The number of carbonyl (C=O) groups excluding carboxylic acids is 1. The smallest absolute Gasteiger partial charge is 0.224 e. The highest BCUT2D eigenvalue weighted by atomic mass is 19.1. The fourth-order valence-corrected chi connectivity index (χ4v) is 1.89. The van der Waals surface area contributed by atoms with Crippen molar-refractivity contribution >= 4 is 11.6 Å². The Morgan fingerprint density at radius 3 is 2.60 bits per heavy atom. The molecular weight excluding hydrogens is 260 g/mol. The van der Waals surface area contributed by atoms with Gasteiger partial charge in [-0.15, -0.1) is 0 Å². The Morgan fingerprint density at radius 2 is 1.85 bits per heavy atom. The number of rotatable bonds is 4. The van der Waals surface area contributed by atoms with Gasteiger partial charge in [-0.3, -0.25) is 4.79 Å². The van der Waals surface area contributed by atoms with Gasteiger partial charge in [-0.1, -0.05) is 18.2 Å². The minimum atomic E-state index is -0.393. The fourth-order valence-electron chi connectivity index (χ4n) is 1.89.